The molecule has 0 unspecified atom stereocenters. The average Bonchev–Trinajstić information content (AvgIpc) is 2.86. The second kappa shape index (κ2) is 5.61. The Morgan fingerprint density at radius 1 is 1.33 bits per heavy atom. The minimum Gasteiger partial charge on any atom is -0.486 e. The van der Waals surface area contributed by atoms with Crippen LogP contribution in [-0.4, -0.2) is 34.3 Å². The average molecular weight is 309 g/mol. The molecule has 3 rings (SSSR count). The standard InChI is InChI=1S/C13H13ClN4O3/c14-8-5-10-9(20-1-2-21-10)3-7(8)4-12-16-13(18-17-12)6-11(15)19/h3,5H,1-2,4,6H2,(H2,15,19)(H,16,17,18). The van der Waals surface area contributed by atoms with Gasteiger partial charge in [-0.3, -0.25) is 9.89 Å². The quantitative estimate of drug-likeness (QED) is 0.871. The van der Waals surface area contributed by atoms with Crippen molar-refractivity contribution >= 4 is 17.5 Å². The number of primary amides is 1. The van der Waals surface area contributed by atoms with Crippen LogP contribution in [0.1, 0.15) is 17.2 Å². The number of nitrogens with one attached hydrogen (secondary N) is 1. The molecule has 0 bridgehead atoms. The van der Waals surface area contributed by atoms with Crippen LogP contribution < -0.4 is 15.2 Å². The normalized spacial score (nSPS) is 13.2. The number of benzene rings is 1. The van der Waals surface area contributed by atoms with Gasteiger partial charge in [-0.05, 0) is 11.6 Å². The van der Waals surface area contributed by atoms with Crippen molar-refractivity contribution in [3.63, 3.8) is 0 Å². The number of ether oxygens (including phenoxy) is 2. The number of nitrogens with zero attached hydrogens (tertiary/aromatic N) is 2. The van der Waals surface area contributed by atoms with Gasteiger partial charge in [0.25, 0.3) is 0 Å². The number of halogens is 1. The van der Waals surface area contributed by atoms with Crippen LogP contribution in [0.2, 0.25) is 5.02 Å². The van der Waals surface area contributed by atoms with Crippen LogP contribution in [0.25, 0.3) is 0 Å². The smallest absolute Gasteiger partial charge is 0.225 e. The summed E-state index contributed by atoms with van der Waals surface area (Å²) in [5.74, 6) is 1.80. The molecule has 0 saturated carbocycles. The maximum absolute atomic E-state index is 10.8. The number of rotatable bonds is 4. The summed E-state index contributed by atoms with van der Waals surface area (Å²) in [6.07, 6.45) is 0.451. The van der Waals surface area contributed by atoms with Gasteiger partial charge in [0.15, 0.2) is 17.3 Å². The van der Waals surface area contributed by atoms with E-state index in [9.17, 15) is 4.79 Å². The van der Waals surface area contributed by atoms with Crippen LogP contribution in [0.4, 0.5) is 0 Å². The number of hydrogen-bond acceptors (Lipinski definition) is 5. The van der Waals surface area contributed by atoms with Gasteiger partial charge < -0.3 is 15.2 Å². The van der Waals surface area contributed by atoms with Crippen molar-refractivity contribution in [2.45, 2.75) is 12.8 Å². The van der Waals surface area contributed by atoms with Crippen LogP contribution in [-0.2, 0) is 17.6 Å². The summed E-state index contributed by atoms with van der Waals surface area (Å²) in [4.78, 5) is 15.0. The van der Waals surface area contributed by atoms with E-state index in [1.54, 1.807) is 6.07 Å². The number of nitrogens with two attached hydrogens (primary N) is 1. The van der Waals surface area contributed by atoms with E-state index in [-0.39, 0.29) is 6.42 Å². The van der Waals surface area contributed by atoms with Gasteiger partial charge in [0.05, 0.1) is 6.42 Å². The first kappa shape index (κ1) is 13.7. The lowest BCUT2D eigenvalue weighted by molar-refractivity contribution is -0.117. The summed E-state index contributed by atoms with van der Waals surface area (Å²) >= 11 is 6.23. The first-order valence-corrected chi connectivity index (χ1v) is 6.76. The molecule has 0 radical (unpaired) electrons. The lowest BCUT2D eigenvalue weighted by Gasteiger charge is -2.19. The molecular weight excluding hydrogens is 296 g/mol. The number of carbonyl (C=O) groups excluding carboxylic acids is 1. The predicted molar refractivity (Wildman–Crippen MR) is 74.5 cm³/mol. The zero-order valence-corrected chi connectivity index (χ0v) is 11.8. The van der Waals surface area contributed by atoms with E-state index in [4.69, 9.17) is 26.8 Å². The van der Waals surface area contributed by atoms with Crippen molar-refractivity contribution in [1.29, 1.82) is 0 Å². The van der Waals surface area contributed by atoms with Crippen LogP contribution in [0, 0.1) is 0 Å². The third kappa shape index (κ3) is 3.08. The molecule has 0 atom stereocenters. The van der Waals surface area contributed by atoms with E-state index >= 15 is 0 Å². The summed E-state index contributed by atoms with van der Waals surface area (Å²) in [6, 6.07) is 3.55. The highest BCUT2D eigenvalue weighted by atomic mass is 35.5. The zero-order chi connectivity index (χ0) is 14.8. The third-order valence-electron chi connectivity index (χ3n) is 2.98. The van der Waals surface area contributed by atoms with E-state index in [0.717, 1.165) is 5.56 Å². The van der Waals surface area contributed by atoms with E-state index in [2.05, 4.69) is 15.2 Å². The summed E-state index contributed by atoms with van der Waals surface area (Å²) in [5, 5.41) is 7.26. The molecule has 0 saturated heterocycles. The van der Waals surface area contributed by atoms with E-state index in [1.807, 2.05) is 6.07 Å². The molecule has 0 fully saturated rings. The van der Waals surface area contributed by atoms with Gasteiger partial charge in [-0.2, -0.15) is 5.10 Å². The molecule has 1 aromatic carbocycles. The van der Waals surface area contributed by atoms with Gasteiger partial charge in [0.1, 0.15) is 19.0 Å². The summed E-state index contributed by atoms with van der Waals surface area (Å²) < 4.78 is 11.0. The fraction of sp³-hybridized carbons (Fsp3) is 0.308. The largest absolute Gasteiger partial charge is 0.486 e. The van der Waals surface area contributed by atoms with Gasteiger partial charge >= 0.3 is 0 Å². The van der Waals surface area contributed by atoms with Gasteiger partial charge in [-0.25, -0.2) is 4.98 Å². The van der Waals surface area contributed by atoms with Crippen LogP contribution >= 0.6 is 11.6 Å². The Morgan fingerprint density at radius 3 is 2.76 bits per heavy atom. The van der Waals surface area contributed by atoms with Crippen molar-refractivity contribution in [3.05, 3.63) is 34.4 Å². The maximum atomic E-state index is 10.8. The highest BCUT2D eigenvalue weighted by molar-refractivity contribution is 6.31. The Balaban J connectivity index is 1.81. The molecule has 2 heterocycles. The number of H-pyrrole nitrogens is 1. The number of fused-ring (bicyclic) bond motifs is 1. The van der Waals surface area contributed by atoms with Gasteiger partial charge in [-0.15, -0.1) is 0 Å². The highest BCUT2D eigenvalue weighted by Gasteiger charge is 2.16. The van der Waals surface area contributed by atoms with Crippen LogP contribution in [0.5, 0.6) is 11.5 Å². The Labute approximate surface area is 125 Å². The van der Waals surface area contributed by atoms with Crippen molar-refractivity contribution in [1.82, 2.24) is 15.2 Å². The number of hydrogen-bond donors (Lipinski definition) is 2. The monoisotopic (exact) mass is 308 g/mol. The lowest BCUT2D eigenvalue weighted by Crippen LogP contribution is -2.15. The van der Waals surface area contributed by atoms with Crippen LogP contribution in [0.15, 0.2) is 12.1 Å². The Bertz CT molecular complexity index is 686. The zero-order valence-electron chi connectivity index (χ0n) is 11.1. The van der Waals surface area contributed by atoms with Gasteiger partial charge in [0, 0.05) is 17.5 Å². The summed E-state index contributed by atoms with van der Waals surface area (Å²) in [6.45, 7) is 1.03. The van der Waals surface area contributed by atoms with E-state index in [0.29, 0.717) is 47.8 Å². The fourth-order valence-electron chi connectivity index (χ4n) is 2.07. The Morgan fingerprint density at radius 2 is 2.05 bits per heavy atom. The topological polar surface area (TPSA) is 103 Å². The third-order valence-corrected chi connectivity index (χ3v) is 3.33. The second-order valence-electron chi connectivity index (χ2n) is 4.61. The minimum atomic E-state index is -0.474. The molecule has 1 amide bonds. The molecule has 110 valence electrons. The minimum absolute atomic E-state index is 0.00533. The maximum Gasteiger partial charge on any atom is 0.225 e. The Kier molecular flexibility index (Phi) is 3.66. The number of carbonyl (C=O) groups is 1. The lowest BCUT2D eigenvalue weighted by atomic mass is 10.1. The van der Waals surface area contributed by atoms with Gasteiger partial charge in [-0.1, -0.05) is 11.6 Å². The second-order valence-corrected chi connectivity index (χ2v) is 5.01. The van der Waals surface area contributed by atoms with Crippen molar-refractivity contribution in [2.75, 3.05) is 13.2 Å². The molecule has 21 heavy (non-hydrogen) atoms. The molecule has 3 N–H and O–H groups in total. The SMILES string of the molecule is NC(=O)Cc1n[nH]c(Cc2cc3c(cc2Cl)OCCO3)n1. The van der Waals surface area contributed by atoms with Crippen molar-refractivity contribution in [2.24, 2.45) is 5.73 Å². The van der Waals surface area contributed by atoms with E-state index in [1.165, 1.54) is 0 Å². The van der Waals surface area contributed by atoms with E-state index < -0.39 is 5.91 Å². The number of amides is 1. The molecule has 7 nitrogen and oxygen atoms in total. The first-order valence-electron chi connectivity index (χ1n) is 6.38. The Hall–Kier alpha value is -2.28. The molecule has 0 aliphatic carbocycles. The fourth-order valence-corrected chi connectivity index (χ4v) is 2.29. The molecule has 1 aliphatic heterocycles. The molecular formula is C13H13ClN4O3. The number of aromatic nitrogens is 3. The molecule has 8 heteroatoms. The molecule has 0 spiro atoms. The highest BCUT2D eigenvalue weighted by Crippen LogP contribution is 2.35. The predicted octanol–water partition coefficient (Wildman–Crippen LogP) is 0.848. The first-order chi connectivity index (χ1) is 10.1. The summed E-state index contributed by atoms with van der Waals surface area (Å²) in [7, 11) is 0. The molecule has 1 aliphatic rings. The summed E-state index contributed by atoms with van der Waals surface area (Å²) in [5.41, 5.74) is 5.94. The van der Waals surface area contributed by atoms with Gasteiger partial charge in [0.2, 0.25) is 5.91 Å². The molecule has 2 aromatic rings. The van der Waals surface area contributed by atoms with Crippen molar-refractivity contribution < 1.29 is 14.3 Å². The van der Waals surface area contributed by atoms with Crippen LogP contribution in [0.3, 0.4) is 0 Å². The number of aromatic amines is 1. The molecule has 1 aromatic heterocycles. The van der Waals surface area contributed by atoms with Crippen molar-refractivity contribution in [3.8, 4) is 11.5 Å².